The first kappa shape index (κ1) is 10.5. The molecule has 2 aromatic carbocycles. The number of hydrogen-bond acceptors (Lipinski definition) is 0. The van der Waals surface area contributed by atoms with Crippen molar-refractivity contribution in [2.45, 2.75) is 17.5 Å². The molecule has 0 fully saturated rings. The first-order chi connectivity index (χ1) is 7.66. The van der Waals surface area contributed by atoms with E-state index >= 15 is 0 Å². The molecule has 0 bridgehead atoms. The van der Waals surface area contributed by atoms with Crippen molar-refractivity contribution >= 4 is 0 Å². The summed E-state index contributed by atoms with van der Waals surface area (Å²) >= 11 is 1.59. The molecule has 1 aliphatic carbocycles. The van der Waals surface area contributed by atoms with E-state index in [2.05, 4.69) is 50.2 Å². The first-order valence-corrected chi connectivity index (χ1v) is 7.01. The van der Waals surface area contributed by atoms with Gasteiger partial charge in [0, 0.05) is 0 Å². The zero-order valence-electron chi connectivity index (χ0n) is 9.54. The molecular weight excluding hydrogens is 271 g/mol. The Hall–Kier alpha value is -0.677. The van der Waals surface area contributed by atoms with E-state index in [9.17, 15) is 0 Å². The molecule has 1 heteroatoms. The second-order valence-corrected chi connectivity index (χ2v) is 6.03. The van der Waals surface area contributed by atoms with Crippen molar-refractivity contribution in [3.8, 4) is 11.1 Å². The molecular formula is C15H13Zr. The van der Waals surface area contributed by atoms with E-state index in [-0.39, 0.29) is 0 Å². The Morgan fingerprint density at radius 1 is 0.812 bits per heavy atom. The molecule has 0 heterocycles. The molecule has 16 heavy (non-hydrogen) atoms. The molecule has 0 aliphatic heterocycles. The van der Waals surface area contributed by atoms with E-state index in [1.165, 1.54) is 33.4 Å². The van der Waals surface area contributed by atoms with Gasteiger partial charge in [-0.15, -0.1) is 0 Å². The Morgan fingerprint density at radius 3 is 1.69 bits per heavy atom. The Bertz CT molecular complexity index is 518. The van der Waals surface area contributed by atoms with Crippen molar-refractivity contribution in [3.63, 3.8) is 0 Å². The van der Waals surface area contributed by atoms with Gasteiger partial charge in [0.25, 0.3) is 0 Å². The normalized spacial score (nSPS) is 13.6. The van der Waals surface area contributed by atoms with Crippen LogP contribution in [0, 0.1) is 13.8 Å². The van der Waals surface area contributed by atoms with E-state index < -0.39 is 0 Å². The third kappa shape index (κ3) is 1.45. The molecule has 0 radical (unpaired) electrons. The summed E-state index contributed by atoms with van der Waals surface area (Å²) in [6.45, 7) is 4.36. The van der Waals surface area contributed by atoms with Crippen LogP contribution in [0.15, 0.2) is 36.4 Å². The molecule has 77 valence electrons. The van der Waals surface area contributed by atoms with E-state index in [1.807, 2.05) is 0 Å². The van der Waals surface area contributed by atoms with Crippen LogP contribution in [-0.4, -0.2) is 0 Å². The number of benzene rings is 2. The summed E-state index contributed by atoms with van der Waals surface area (Å²) in [6.07, 6.45) is 0. The van der Waals surface area contributed by atoms with Gasteiger partial charge in [-0.3, -0.25) is 0 Å². The number of hydrogen-bond donors (Lipinski definition) is 0. The zero-order valence-corrected chi connectivity index (χ0v) is 12.0. The molecule has 0 unspecified atom stereocenters. The average Bonchev–Trinajstić information content (AvgIpc) is 2.53. The van der Waals surface area contributed by atoms with E-state index in [0.717, 1.165) is 0 Å². The summed E-state index contributed by atoms with van der Waals surface area (Å²) in [7, 11) is 0. The van der Waals surface area contributed by atoms with Gasteiger partial charge in [0.2, 0.25) is 0 Å². The minimum atomic E-state index is 0.636. The Labute approximate surface area is 112 Å². The molecule has 0 amide bonds. The summed E-state index contributed by atoms with van der Waals surface area (Å²) in [4.78, 5) is 0. The Kier molecular flexibility index (Phi) is 2.40. The first-order valence-electron chi connectivity index (χ1n) is 5.59. The average molecular weight is 284 g/mol. The van der Waals surface area contributed by atoms with Gasteiger partial charge in [-0.25, -0.2) is 0 Å². The third-order valence-electron chi connectivity index (χ3n) is 3.33. The topological polar surface area (TPSA) is 0 Å². The summed E-state index contributed by atoms with van der Waals surface area (Å²) < 4.78 is 0.636. The molecule has 3 rings (SSSR count). The van der Waals surface area contributed by atoms with Crippen molar-refractivity contribution in [1.82, 2.24) is 0 Å². The Balaban J connectivity index is 2.30. The van der Waals surface area contributed by atoms with Gasteiger partial charge in [-0.2, -0.15) is 0 Å². The minimum absolute atomic E-state index is 0.636. The van der Waals surface area contributed by atoms with E-state index in [1.54, 1.807) is 24.7 Å². The molecule has 0 saturated carbocycles. The van der Waals surface area contributed by atoms with Crippen LogP contribution in [0.2, 0.25) is 0 Å². The fraction of sp³-hybridized carbons (Fsp3) is 0.200. The van der Waals surface area contributed by atoms with Crippen LogP contribution < -0.4 is 0 Å². The zero-order chi connectivity index (χ0) is 11.3. The van der Waals surface area contributed by atoms with Crippen molar-refractivity contribution in [3.05, 3.63) is 58.7 Å². The van der Waals surface area contributed by atoms with Crippen molar-refractivity contribution in [2.24, 2.45) is 0 Å². The fourth-order valence-corrected chi connectivity index (χ4v) is 3.67. The third-order valence-corrected chi connectivity index (χ3v) is 4.86. The van der Waals surface area contributed by atoms with Crippen LogP contribution in [0.1, 0.15) is 25.9 Å². The number of fused-ring (bicyclic) bond motifs is 3. The maximum absolute atomic E-state index is 2.35. The van der Waals surface area contributed by atoms with Crippen molar-refractivity contribution in [2.75, 3.05) is 0 Å². The van der Waals surface area contributed by atoms with Crippen molar-refractivity contribution in [1.29, 1.82) is 0 Å². The predicted molar refractivity (Wildman–Crippen MR) is 63.2 cm³/mol. The van der Waals surface area contributed by atoms with Gasteiger partial charge in [0.1, 0.15) is 0 Å². The fourth-order valence-electron chi connectivity index (χ4n) is 2.50. The second-order valence-electron chi connectivity index (χ2n) is 4.61. The van der Waals surface area contributed by atoms with Gasteiger partial charge in [0.05, 0.1) is 0 Å². The summed E-state index contributed by atoms with van der Waals surface area (Å²) in [6, 6.07) is 13.7. The maximum atomic E-state index is 2.35. The van der Waals surface area contributed by atoms with Gasteiger partial charge < -0.3 is 0 Å². The number of aryl methyl sites for hydroxylation is 2. The second kappa shape index (κ2) is 3.67. The summed E-state index contributed by atoms with van der Waals surface area (Å²) in [5.74, 6) is 0. The van der Waals surface area contributed by atoms with Crippen LogP contribution in [-0.2, 0) is 24.7 Å². The molecule has 2 aromatic rings. The SMILES string of the molecule is Cc1ccc2c(c1)[CH]([Zr])c1cc(C)ccc1-2. The van der Waals surface area contributed by atoms with E-state index in [4.69, 9.17) is 0 Å². The van der Waals surface area contributed by atoms with Gasteiger partial charge in [0.15, 0.2) is 0 Å². The van der Waals surface area contributed by atoms with Crippen LogP contribution in [0.3, 0.4) is 0 Å². The van der Waals surface area contributed by atoms with Gasteiger partial charge in [-0.05, 0) is 0 Å². The van der Waals surface area contributed by atoms with E-state index in [0.29, 0.717) is 3.63 Å². The van der Waals surface area contributed by atoms with Crippen LogP contribution in [0.5, 0.6) is 0 Å². The molecule has 0 aromatic heterocycles. The summed E-state index contributed by atoms with van der Waals surface area (Å²) in [5, 5.41) is 0. The molecule has 0 saturated heterocycles. The molecule has 0 spiro atoms. The molecule has 0 N–H and O–H groups in total. The van der Waals surface area contributed by atoms with Crippen LogP contribution >= 0.6 is 0 Å². The Morgan fingerprint density at radius 2 is 1.25 bits per heavy atom. The monoisotopic (exact) mass is 283 g/mol. The number of rotatable bonds is 0. The quantitative estimate of drug-likeness (QED) is 0.688. The van der Waals surface area contributed by atoms with Crippen molar-refractivity contribution < 1.29 is 24.7 Å². The van der Waals surface area contributed by atoms with Crippen LogP contribution in [0.25, 0.3) is 11.1 Å². The van der Waals surface area contributed by atoms with Gasteiger partial charge >= 0.3 is 112 Å². The molecule has 0 atom stereocenters. The predicted octanol–water partition coefficient (Wildman–Crippen LogP) is 3.92. The summed E-state index contributed by atoms with van der Waals surface area (Å²) in [5.41, 5.74) is 8.69. The van der Waals surface area contributed by atoms with Crippen LogP contribution in [0.4, 0.5) is 0 Å². The molecule has 1 aliphatic rings. The molecule has 0 nitrogen and oxygen atoms in total. The standard InChI is InChI=1S/C15H13.Zr/c1-10-3-5-14-12(7-10)9-13-8-11(2)4-6-15(13)14;/h3-9H,1-2H3;. The van der Waals surface area contributed by atoms with Gasteiger partial charge in [-0.1, -0.05) is 0 Å².